The average Bonchev–Trinajstić information content (AvgIpc) is 2.79. The van der Waals surface area contributed by atoms with Crippen LogP contribution >= 0.6 is 11.6 Å². The molecule has 106 valence electrons. The maximum absolute atomic E-state index is 12.4. The summed E-state index contributed by atoms with van der Waals surface area (Å²) in [5.74, 6) is 0.676. The first-order chi connectivity index (χ1) is 9.67. The highest BCUT2D eigenvalue weighted by molar-refractivity contribution is 6.31. The molecule has 0 bridgehead atoms. The number of halogens is 1. The second kappa shape index (κ2) is 5.58. The van der Waals surface area contributed by atoms with E-state index in [1.807, 2.05) is 25.1 Å². The monoisotopic (exact) mass is 291 g/mol. The number of nitrogens with one attached hydrogen (secondary N) is 1. The Hall–Kier alpha value is -1.32. The number of hydrogen-bond donors (Lipinski definition) is 1. The number of ketones is 1. The second-order valence-corrected chi connectivity index (χ2v) is 5.87. The van der Waals surface area contributed by atoms with E-state index < -0.39 is 0 Å². The normalized spacial score (nSPS) is 21.9. The third-order valence-electron chi connectivity index (χ3n) is 4.01. The van der Waals surface area contributed by atoms with Crippen molar-refractivity contribution >= 4 is 28.3 Å². The van der Waals surface area contributed by atoms with Gasteiger partial charge < -0.3 is 9.72 Å². The molecule has 1 saturated carbocycles. The van der Waals surface area contributed by atoms with E-state index in [0.29, 0.717) is 23.5 Å². The van der Waals surface area contributed by atoms with Gasteiger partial charge >= 0.3 is 0 Å². The number of Topliss-reactive ketones (excluding diaryl/α,β-unsaturated/α-hetero) is 1. The highest BCUT2D eigenvalue weighted by Gasteiger charge is 2.31. The Kier molecular flexibility index (Phi) is 3.81. The van der Waals surface area contributed by atoms with E-state index in [2.05, 4.69) is 4.98 Å². The molecule has 0 spiro atoms. The first-order valence-corrected chi connectivity index (χ1v) is 7.46. The molecule has 4 heteroatoms. The first-order valence-electron chi connectivity index (χ1n) is 7.08. The number of H-pyrrole nitrogens is 1. The van der Waals surface area contributed by atoms with E-state index in [1.165, 1.54) is 0 Å². The fourth-order valence-corrected chi connectivity index (χ4v) is 3.09. The molecule has 0 aliphatic heterocycles. The van der Waals surface area contributed by atoms with E-state index in [-0.39, 0.29) is 5.78 Å². The van der Waals surface area contributed by atoms with Crippen LogP contribution in [0.2, 0.25) is 5.02 Å². The van der Waals surface area contributed by atoms with Gasteiger partial charge in [0.25, 0.3) is 0 Å². The Morgan fingerprint density at radius 2 is 2.25 bits per heavy atom. The SMILES string of the molecule is CCOC1CC(CC(=O)c2c[nH]c3cc(Cl)ccc23)C1. The number of benzene rings is 1. The molecule has 3 rings (SSSR count). The molecule has 1 fully saturated rings. The van der Waals surface area contributed by atoms with Crippen LogP contribution in [0.3, 0.4) is 0 Å². The maximum Gasteiger partial charge on any atom is 0.165 e. The van der Waals surface area contributed by atoms with Crippen LogP contribution in [0.25, 0.3) is 10.9 Å². The molecule has 1 aliphatic carbocycles. The molecule has 2 aromatic rings. The van der Waals surface area contributed by atoms with Crippen LogP contribution in [0.1, 0.15) is 36.5 Å². The Labute approximate surface area is 123 Å². The Morgan fingerprint density at radius 1 is 1.45 bits per heavy atom. The summed E-state index contributed by atoms with van der Waals surface area (Å²) < 4.78 is 5.53. The van der Waals surface area contributed by atoms with Crippen molar-refractivity contribution in [2.45, 2.75) is 32.3 Å². The number of carbonyl (C=O) groups excluding carboxylic acids is 1. The highest BCUT2D eigenvalue weighted by atomic mass is 35.5. The summed E-state index contributed by atoms with van der Waals surface area (Å²) in [4.78, 5) is 15.5. The van der Waals surface area contributed by atoms with Gasteiger partial charge in [-0.2, -0.15) is 0 Å². The van der Waals surface area contributed by atoms with E-state index in [9.17, 15) is 4.79 Å². The molecule has 1 aromatic heterocycles. The number of carbonyl (C=O) groups is 1. The maximum atomic E-state index is 12.4. The third kappa shape index (κ3) is 2.60. The van der Waals surface area contributed by atoms with Gasteiger partial charge in [0.15, 0.2) is 5.78 Å². The molecule has 0 radical (unpaired) electrons. The van der Waals surface area contributed by atoms with Crippen molar-refractivity contribution in [2.75, 3.05) is 6.61 Å². The van der Waals surface area contributed by atoms with Gasteiger partial charge in [-0.05, 0) is 37.8 Å². The van der Waals surface area contributed by atoms with Crippen LogP contribution in [0.5, 0.6) is 0 Å². The zero-order valence-corrected chi connectivity index (χ0v) is 12.2. The van der Waals surface area contributed by atoms with E-state index in [0.717, 1.165) is 35.9 Å². The second-order valence-electron chi connectivity index (χ2n) is 5.43. The molecule has 1 aromatic carbocycles. The molecule has 20 heavy (non-hydrogen) atoms. The fourth-order valence-electron chi connectivity index (χ4n) is 2.91. The van der Waals surface area contributed by atoms with Crippen LogP contribution in [0.4, 0.5) is 0 Å². The molecule has 1 N–H and O–H groups in total. The smallest absolute Gasteiger partial charge is 0.165 e. The molecule has 1 aliphatic rings. The van der Waals surface area contributed by atoms with Crippen molar-refractivity contribution in [1.82, 2.24) is 4.98 Å². The van der Waals surface area contributed by atoms with Gasteiger partial charge in [0, 0.05) is 40.7 Å². The number of aromatic amines is 1. The van der Waals surface area contributed by atoms with Crippen molar-refractivity contribution in [3.63, 3.8) is 0 Å². The summed E-state index contributed by atoms with van der Waals surface area (Å²) in [6.07, 6.45) is 4.78. The van der Waals surface area contributed by atoms with Gasteiger partial charge in [0.05, 0.1) is 6.10 Å². The average molecular weight is 292 g/mol. The van der Waals surface area contributed by atoms with Crippen LogP contribution in [-0.2, 0) is 4.74 Å². The van der Waals surface area contributed by atoms with Crippen LogP contribution in [0, 0.1) is 5.92 Å². The van der Waals surface area contributed by atoms with E-state index in [4.69, 9.17) is 16.3 Å². The number of ether oxygens (including phenoxy) is 1. The number of hydrogen-bond acceptors (Lipinski definition) is 2. The Balaban J connectivity index is 1.68. The van der Waals surface area contributed by atoms with Gasteiger partial charge in [-0.15, -0.1) is 0 Å². The zero-order valence-electron chi connectivity index (χ0n) is 11.5. The fraction of sp³-hybridized carbons (Fsp3) is 0.438. The van der Waals surface area contributed by atoms with Crippen LogP contribution in [-0.4, -0.2) is 23.5 Å². The lowest BCUT2D eigenvalue weighted by atomic mass is 9.78. The highest BCUT2D eigenvalue weighted by Crippen LogP contribution is 2.34. The molecule has 0 unspecified atom stereocenters. The largest absolute Gasteiger partial charge is 0.378 e. The molecule has 0 amide bonds. The standard InChI is InChI=1S/C16H18ClNO2/c1-2-20-12-5-10(6-12)7-16(19)14-9-18-15-8-11(17)3-4-13(14)15/h3-4,8-10,12,18H,2,5-7H2,1H3. The quantitative estimate of drug-likeness (QED) is 0.839. The summed E-state index contributed by atoms with van der Waals surface area (Å²) in [5.41, 5.74) is 1.69. The minimum Gasteiger partial charge on any atom is -0.378 e. The lowest BCUT2D eigenvalue weighted by Gasteiger charge is -2.34. The summed E-state index contributed by atoms with van der Waals surface area (Å²) in [5, 5.41) is 1.64. The number of rotatable bonds is 5. The van der Waals surface area contributed by atoms with Gasteiger partial charge in [-0.1, -0.05) is 17.7 Å². The molecule has 0 saturated heterocycles. The van der Waals surface area contributed by atoms with Crippen molar-refractivity contribution in [1.29, 1.82) is 0 Å². The Bertz CT molecular complexity index is 628. The minimum atomic E-state index is 0.207. The Morgan fingerprint density at radius 3 is 3.00 bits per heavy atom. The summed E-state index contributed by atoms with van der Waals surface area (Å²) in [6, 6.07) is 5.58. The number of fused-ring (bicyclic) bond motifs is 1. The minimum absolute atomic E-state index is 0.207. The molecular weight excluding hydrogens is 274 g/mol. The van der Waals surface area contributed by atoms with Gasteiger partial charge in [0.1, 0.15) is 0 Å². The molecular formula is C16H18ClNO2. The van der Waals surface area contributed by atoms with Crippen molar-refractivity contribution in [3.05, 3.63) is 35.0 Å². The van der Waals surface area contributed by atoms with Crippen molar-refractivity contribution < 1.29 is 9.53 Å². The summed E-state index contributed by atoms with van der Waals surface area (Å²) in [6.45, 7) is 2.77. The van der Waals surface area contributed by atoms with Gasteiger partial charge in [0.2, 0.25) is 0 Å². The zero-order chi connectivity index (χ0) is 14.1. The summed E-state index contributed by atoms with van der Waals surface area (Å²) >= 11 is 5.95. The predicted molar refractivity (Wildman–Crippen MR) is 80.4 cm³/mol. The van der Waals surface area contributed by atoms with Gasteiger partial charge in [-0.25, -0.2) is 0 Å². The first kappa shape index (κ1) is 13.7. The van der Waals surface area contributed by atoms with Crippen LogP contribution < -0.4 is 0 Å². The lowest BCUT2D eigenvalue weighted by molar-refractivity contribution is -0.0245. The van der Waals surface area contributed by atoms with E-state index >= 15 is 0 Å². The molecule has 0 atom stereocenters. The van der Waals surface area contributed by atoms with Crippen molar-refractivity contribution in [3.8, 4) is 0 Å². The van der Waals surface area contributed by atoms with Crippen molar-refractivity contribution in [2.24, 2.45) is 5.92 Å². The predicted octanol–water partition coefficient (Wildman–Crippen LogP) is 4.21. The topological polar surface area (TPSA) is 42.1 Å². The lowest BCUT2D eigenvalue weighted by Crippen LogP contribution is -2.32. The number of aromatic nitrogens is 1. The third-order valence-corrected chi connectivity index (χ3v) is 4.25. The summed E-state index contributed by atoms with van der Waals surface area (Å²) in [7, 11) is 0. The molecule has 3 nitrogen and oxygen atoms in total. The van der Waals surface area contributed by atoms with E-state index in [1.54, 1.807) is 6.20 Å². The molecule has 1 heterocycles. The van der Waals surface area contributed by atoms with Gasteiger partial charge in [-0.3, -0.25) is 4.79 Å². The van der Waals surface area contributed by atoms with Crippen LogP contribution in [0.15, 0.2) is 24.4 Å².